The van der Waals surface area contributed by atoms with Gasteiger partial charge in [-0.2, -0.15) is 0 Å². The quantitative estimate of drug-likeness (QED) is 0.312. The maximum atomic E-state index is 11.7. The highest BCUT2D eigenvalue weighted by atomic mass is 32.2. The molecule has 0 aliphatic carbocycles. The number of hydrogen-bond acceptors (Lipinski definition) is 6. The molecule has 0 saturated carbocycles. The minimum absolute atomic E-state index is 0.00801. The fourth-order valence-electron chi connectivity index (χ4n) is 1.26. The van der Waals surface area contributed by atoms with Crippen LogP contribution < -0.4 is 0 Å². The van der Waals surface area contributed by atoms with Gasteiger partial charge in [-0.15, -0.1) is 11.8 Å². The molecule has 0 aromatic heterocycles. The number of hydrogen-bond donors (Lipinski definition) is 0. The van der Waals surface area contributed by atoms with E-state index >= 15 is 0 Å². The molecular weight excluding hydrogens is 244 g/mol. The Bertz CT molecular complexity index is 354. The van der Waals surface area contributed by atoms with Gasteiger partial charge in [-0.25, -0.2) is 4.79 Å². The largest absolute Gasteiger partial charge is 0.461 e. The lowest BCUT2D eigenvalue weighted by atomic mass is 10.2. The first-order chi connectivity index (χ1) is 8.24. The van der Waals surface area contributed by atoms with Gasteiger partial charge >= 0.3 is 5.97 Å². The lowest BCUT2D eigenvalue weighted by molar-refractivity contribution is -0.135. The standard InChI is InChI=1S/C10H14N2O4S/c1-3-16-10(14)9(11-15-2)8-6-17-5-4-12(8)7-13/h6-7H,3-5H2,1-2H3/b11-9-. The molecule has 1 rings (SSSR count). The number of amides is 1. The van der Waals surface area contributed by atoms with E-state index in [0.29, 0.717) is 18.7 Å². The molecule has 0 saturated heterocycles. The molecule has 1 aliphatic rings. The van der Waals surface area contributed by atoms with Crippen molar-refractivity contribution in [1.29, 1.82) is 0 Å². The Morgan fingerprint density at radius 1 is 1.71 bits per heavy atom. The molecule has 7 heteroatoms. The SMILES string of the molecule is CCOC(=O)/C(=N\OC)C1=CSCCN1C=O. The third-order valence-corrected chi connectivity index (χ3v) is 2.78. The third-order valence-electron chi connectivity index (χ3n) is 1.98. The van der Waals surface area contributed by atoms with Crippen LogP contribution in [-0.2, 0) is 19.2 Å². The topological polar surface area (TPSA) is 68.2 Å². The summed E-state index contributed by atoms with van der Waals surface area (Å²) < 4.78 is 4.86. The fraction of sp³-hybridized carbons (Fsp3) is 0.500. The van der Waals surface area contributed by atoms with Crippen LogP contribution in [0.2, 0.25) is 0 Å². The molecule has 0 spiro atoms. The van der Waals surface area contributed by atoms with Crippen LogP contribution in [0.25, 0.3) is 0 Å². The zero-order valence-corrected chi connectivity index (χ0v) is 10.5. The average molecular weight is 258 g/mol. The van der Waals surface area contributed by atoms with Crippen LogP contribution in [0.3, 0.4) is 0 Å². The first-order valence-corrected chi connectivity index (χ1v) is 6.11. The first kappa shape index (κ1) is 13.6. The van der Waals surface area contributed by atoms with E-state index in [4.69, 9.17) is 4.74 Å². The van der Waals surface area contributed by atoms with Crippen molar-refractivity contribution in [2.75, 3.05) is 26.0 Å². The van der Waals surface area contributed by atoms with Gasteiger partial charge in [0, 0.05) is 12.3 Å². The van der Waals surface area contributed by atoms with Crippen LogP contribution in [-0.4, -0.2) is 49.0 Å². The third kappa shape index (κ3) is 3.48. The van der Waals surface area contributed by atoms with Gasteiger partial charge in [-0.05, 0) is 12.3 Å². The van der Waals surface area contributed by atoms with Crippen LogP contribution in [0, 0.1) is 0 Å². The van der Waals surface area contributed by atoms with Crippen molar-refractivity contribution in [2.24, 2.45) is 5.16 Å². The van der Waals surface area contributed by atoms with Gasteiger partial charge in [-0.1, -0.05) is 5.16 Å². The fourth-order valence-corrected chi connectivity index (χ4v) is 2.08. The number of rotatable bonds is 5. The maximum absolute atomic E-state index is 11.7. The monoisotopic (exact) mass is 258 g/mol. The highest BCUT2D eigenvalue weighted by Gasteiger charge is 2.25. The summed E-state index contributed by atoms with van der Waals surface area (Å²) >= 11 is 1.51. The Labute approximate surface area is 104 Å². The molecule has 1 heterocycles. The average Bonchev–Trinajstić information content (AvgIpc) is 2.36. The van der Waals surface area contributed by atoms with E-state index in [1.54, 1.807) is 12.3 Å². The molecule has 17 heavy (non-hydrogen) atoms. The van der Waals surface area contributed by atoms with Crippen LogP contribution in [0.15, 0.2) is 16.3 Å². The molecular formula is C10H14N2O4S. The Balaban J connectivity index is 2.97. The van der Waals surface area contributed by atoms with Crippen molar-refractivity contribution in [2.45, 2.75) is 6.92 Å². The van der Waals surface area contributed by atoms with Gasteiger partial charge in [-0.3, -0.25) is 4.79 Å². The van der Waals surface area contributed by atoms with E-state index in [1.165, 1.54) is 23.8 Å². The Morgan fingerprint density at radius 3 is 3.06 bits per heavy atom. The summed E-state index contributed by atoms with van der Waals surface area (Å²) in [4.78, 5) is 28.6. The molecule has 0 radical (unpaired) electrons. The molecule has 0 atom stereocenters. The van der Waals surface area contributed by atoms with Crippen LogP contribution >= 0.6 is 11.8 Å². The number of ether oxygens (including phenoxy) is 1. The second-order valence-corrected chi connectivity index (χ2v) is 3.99. The number of oxime groups is 1. The van der Waals surface area contributed by atoms with Crippen molar-refractivity contribution in [3.63, 3.8) is 0 Å². The molecule has 0 N–H and O–H groups in total. The van der Waals surface area contributed by atoms with E-state index in [2.05, 4.69) is 9.99 Å². The molecule has 0 fully saturated rings. The minimum atomic E-state index is -0.602. The van der Waals surface area contributed by atoms with Gasteiger partial charge in [0.15, 0.2) is 0 Å². The molecule has 6 nitrogen and oxygen atoms in total. The van der Waals surface area contributed by atoms with Crippen molar-refractivity contribution in [3.8, 4) is 0 Å². The number of carbonyl (C=O) groups excluding carboxylic acids is 2. The van der Waals surface area contributed by atoms with Gasteiger partial charge in [0.2, 0.25) is 12.1 Å². The zero-order valence-electron chi connectivity index (χ0n) is 9.71. The van der Waals surface area contributed by atoms with Gasteiger partial charge in [0.25, 0.3) is 0 Å². The van der Waals surface area contributed by atoms with Gasteiger partial charge < -0.3 is 14.5 Å². The minimum Gasteiger partial charge on any atom is -0.461 e. The maximum Gasteiger partial charge on any atom is 0.362 e. The highest BCUT2D eigenvalue weighted by molar-refractivity contribution is 8.02. The van der Waals surface area contributed by atoms with Gasteiger partial charge in [0.05, 0.1) is 12.3 Å². The zero-order chi connectivity index (χ0) is 12.7. The lowest BCUT2D eigenvalue weighted by Gasteiger charge is -2.23. The summed E-state index contributed by atoms with van der Waals surface area (Å²) in [6, 6.07) is 0. The Morgan fingerprint density at radius 2 is 2.47 bits per heavy atom. The predicted octanol–water partition coefficient (Wildman–Crippen LogP) is 0.599. The second kappa shape index (κ2) is 6.95. The number of carbonyl (C=O) groups is 2. The summed E-state index contributed by atoms with van der Waals surface area (Å²) in [5, 5.41) is 5.33. The highest BCUT2D eigenvalue weighted by Crippen LogP contribution is 2.19. The normalized spacial score (nSPS) is 16.2. The predicted molar refractivity (Wildman–Crippen MR) is 64.4 cm³/mol. The molecule has 0 bridgehead atoms. The van der Waals surface area contributed by atoms with Crippen molar-refractivity contribution >= 4 is 29.9 Å². The van der Waals surface area contributed by atoms with E-state index in [1.807, 2.05) is 0 Å². The number of thioether (sulfide) groups is 1. The molecule has 0 aromatic carbocycles. The van der Waals surface area contributed by atoms with Crippen molar-refractivity contribution < 1.29 is 19.2 Å². The summed E-state index contributed by atoms with van der Waals surface area (Å²) in [6.45, 7) is 2.47. The number of esters is 1. The van der Waals surface area contributed by atoms with E-state index < -0.39 is 5.97 Å². The lowest BCUT2D eigenvalue weighted by Crippen LogP contribution is -2.34. The van der Waals surface area contributed by atoms with Crippen molar-refractivity contribution in [1.82, 2.24) is 4.90 Å². The molecule has 94 valence electrons. The number of nitrogens with zero attached hydrogens (tertiary/aromatic N) is 2. The molecule has 0 unspecified atom stereocenters. The summed E-state index contributed by atoms with van der Waals surface area (Å²) in [6.07, 6.45) is 0.663. The van der Waals surface area contributed by atoms with E-state index in [9.17, 15) is 9.59 Å². The van der Waals surface area contributed by atoms with Crippen molar-refractivity contribution in [3.05, 3.63) is 11.1 Å². The van der Waals surface area contributed by atoms with Crippen LogP contribution in [0.5, 0.6) is 0 Å². The molecule has 0 aromatic rings. The Hall–Kier alpha value is -1.50. The van der Waals surface area contributed by atoms with Gasteiger partial charge in [0.1, 0.15) is 7.11 Å². The van der Waals surface area contributed by atoms with E-state index in [-0.39, 0.29) is 12.3 Å². The smallest absolute Gasteiger partial charge is 0.362 e. The van der Waals surface area contributed by atoms with Crippen LogP contribution in [0.1, 0.15) is 6.92 Å². The summed E-state index contributed by atoms with van der Waals surface area (Å²) in [7, 11) is 1.33. The Kier molecular flexibility index (Phi) is 5.55. The summed E-state index contributed by atoms with van der Waals surface area (Å²) in [5.41, 5.74) is 0.421. The first-order valence-electron chi connectivity index (χ1n) is 5.07. The second-order valence-electron chi connectivity index (χ2n) is 3.02. The van der Waals surface area contributed by atoms with Crippen LogP contribution in [0.4, 0.5) is 0 Å². The summed E-state index contributed by atoms with van der Waals surface area (Å²) in [5.74, 6) is 0.181. The molecule has 1 amide bonds. The van der Waals surface area contributed by atoms with E-state index in [0.717, 1.165) is 5.75 Å². The molecule has 1 aliphatic heterocycles.